The fourth-order valence-electron chi connectivity index (χ4n) is 1.80. The van der Waals surface area contributed by atoms with Crippen LogP contribution in [0.4, 0.5) is 5.69 Å². The van der Waals surface area contributed by atoms with Crippen molar-refractivity contribution in [3.8, 4) is 17.1 Å². The van der Waals surface area contributed by atoms with Crippen LogP contribution in [0.25, 0.3) is 22.2 Å². The second-order valence-corrected chi connectivity index (χ2v) is 3.51. The Hall–Kier alpha value is -2.43. The number of fused-ring (bicyclic) bond motifs is 1. The van der Waals surface area contributed by atoms with E-state index in [1.807, 2.05) is 6.07 Å². The third-order valence-electron chi connectivity index (χ3n) is 2.53. The predicted octanol–water partition coefficient (Wildman–Crippen LogP) is 2.11. The van der Waals surface area contributed by atoms with Crippen LogP contribution in [0.2, 0.25) is 0 Å². The lowest BCUT2D eigenvalue weighted by molar-refractivity contribution is 0.432. The van der Waals surface area contributed by atoms with Gasteiger partial charge in [0.25, 0.3) is 0 Å². The van der Waals surface area contributed by atoms with Gasteiger partial charge in [-0.15, -0.1) is 0 Å². The number of aromatic hydroxyl groups is 1. The molecule has 0 spiro atoms. The summed E-state index contributed by atoms with van der Waals surface area (Å²) >= 11 is 0. The Morgan fingerprint density at radius 1 is 1.38 bits per heavy atom. The van der Waals surface area contributed by atoms with Gasteiger partial charge in [0.1, 0.15) is 11.4 Å². The van der Waals surface area contributed by atoms with Crippen molar-refractivity contribution in [2.45, 2.75) is 0 Å². The summed E-state index contributed by atoms with van der Waals surface area (Å²) in [4.78, 5) is 3.04. The minimum Gasteiger partial charge on any atom is -0.507 e. The van der Waals surface area contributed by atoms with E-state index < -0.39 is 0 Å². The summed E-state index contributed by atoms with van der Waals surface area (Å²) < 4.78 is 5.07. The van der Waals surface area contributed by atoms with E-state index in [-0.39, 0.29) is 5.75 Å². The molecule has 0 unspecified atom stereocenters. The third-order valence-corrected chi connectivity index (χ3v) is 2.53. The lowest BCUT2D eigenvalue weighted by Crippen LogP contribution is -1.83. The van der Waals surface area contributed by atoms with Gasteiger partial charge in [-0.05, 0) is 12.1 Å². The fourth-order valence-corrected chi connectivity index (χ4v) is 1.80. The van der Waals surface area contributed by atoms with Crippen LogP contribution in [0.3, 0.4) is 0 Å². The molecule has 0 atom stereocenters. The summed E-state index contributed by atoms with van der Waals surface area (Å²) in [7, 11) is 0. The van der Waals surface area contributed by atoms with Gasteiger partial charge in [0, 0.05) is 11.7 Å². The topological polar surface area (TPSA) is 88.1 Å². The second-order valence-electron chi connectivity index (χ2n) is 3.51. The van der Waals surface area contributed by atoms with Gasteiger partial charge in [-0.2, -0.15) is 0 Å². The zero-order chi connectivity index (χ0) is 11.1. The van der Waals surface area contributed by atoms with E-state index in [0.717, 1.165) is 5.52 Å². The van der Waals surface area contributed by atoms with Crippen molar-refractivity contribution in [1.29, 1.82) is 0 Å². The van der Waals surface area contributed by atoms with Crippen LogP contribution in [-0.2, 0) is 0 Å². The molecule has 3 aromatic rings. The van der Waals surface area contributed by atoms with Gasteiger partial charge in [-0.1, -0.05) is 11.2 Å². The van der Waals surface area contributed by atoms with Gasteiger partial charge >= 0.3 is 0 Å². The second kappa shape index (κ2) is 3.03. The van der Waals surface area contributed by atoms with Crippen LogP contribution in [0.1, 0.15) is 0 Å². The normalized spacial score (nSPS) is 11.0. The minimum absolute atomic E-state index is 0.185. The van der Waals surface area contributed by atoms with Gasteiger partial charge < -0.3 is 20.3 Å². The highest BCUT2D eigenvalue weighted by Crippen LogP contribution is 2.36. The van der Waals surface area contributed by atoms with Gasteiger partial charge in [0.05, 0.1) is 17.1 Å². The first-order valence-corrected chi connectivity index (χ1v) is 4.77. The number of nitrogen functional groups attached to an aromatic ring is 1. The van der Waals surface area contributed by atoms with Crippen molar-refractivity contribution >= 4 is 16.6 Å². The molecule has 0 bridgehead atoms. The maximum Gasteiger partial charge on any atom is 0.191 e. The number of nitrogens with zero attached hydrogens (tertiary/aromatic N) is 1. The van der Waals surface area contributed by atoms with E-state index in [1.165, 1.54) is 6.20 Å². The van der Waals surface area contributed by atoms with Crippen LogP contribution < -0.4 is 5.73 Å². The number of H-pyrrole nitrogens is 1. The van der Waals surface area contributed by atoms with E-state index >= 15 is 0 Å². The molecule has 5 nitrogen and oxygen atoms in total. The van der Waals surface area contributed by atoms with Gasteiger partial charge in [0.2, 0.25) is 0 Å². The average molecular weight is 215 g/mol. The van der Waals surface area contributed by atoms with Crippen molar-refractivity contribution in [3.05, 3.63) is 30.6 Å². The largest absolute Gasteiger partial charge is 0.507 e. The van der Waals surface area contributed by atoms with Crippen molar-refractivity contribution in [2.24, 2.45) is 0 Å². The van der Waals surface area contributed by atoms with Crippen molar-refractivity contribution in [3.63, 3.8) is 0 Å². The number of rotatable bonds is 1. The molecule has 2 aromatic heterocycles. The first-order chi connectivity index (χ1) is 7.77. The maximum atomic E-state index is 9.81. The minimum atomic E-state index is 0.185. The van der Waals surface area contributed by atoms with Crippen LogP contribution in [0.5, 0.6) is 5.75 Å². The number of hydrogen-bond acceptors (Lipinski definition) is 4. The number of phenols is 1. The Morgan fingerprint density at radius 2 is 2.25 bits per heavy atom. The quantitative estimate of drug-likeness (QED) is 0.580. The summed E-state index contributed by atoms with van der Waals surface area (Å²) in [6.45, 7) is 0. The SMILES string of the molecule is Nc1cnoc1-c1c[nH]c2cccc(O)c12. The predicted molar refractivity (Wildman–Crippen MR) is 59.9 cm³/mol. The molecule has 0 saturated heterocycles. The Bertz CT molecular complexity index is 654. The molecule has 80 valence electrons. The van der Waals surface area contributed by atoms with Crippen LogP contribution in [-0.4, -0.2) is 15.2 Å². The van der Waals surface area contributed by atoms with E-state index in [2.05, 4.69) is 10.1 Å². The summed E-state index contributed by atoms with van der Waals surface area (Å²) in [6.07, 6.45) is 3.18. The number of anilines is 1. The third kappa shape index (κ3) is 1.08. The number of aromatic amines is 1. The highest BCUT2D eigenvalue weighted by molar-refractivity contribution is 6.00. The van der Waals surface area contributed by atoms with Crippen molar-refractivity contribution in [2.75, 3.05) is 5.73 Å². The number of hydrogen-bond donors (Lipinski definition) is 3. The van der Waals surface area contributed by atoms with E-state index in [0.29, 0.717) is 22.4 Å². The number of nitrogens with one attached hydrogen (secondary N) is 1. The van der Waals surface area contributed by atoms with Gasteiger partial charge in [-0.25, -0.2) is 0 Å². The number of nitrogens with two attached hydrogens (primary N) is 1. The Morgan fingerprint density at radius 3 is 3.00 bits per heavy atom. The zero-order valence-corrected chi connectivity index (χ0v) is 8.27. The molecule has 0 aliphatic heterocycles. The molecule has 3 rings (SSSR count). The summed E-state index contributed by atoms with van der Waals surface area (Å²) in [6, 6.07) is 5.25. The van der Waals surface area contributed by atoms with Gasteiger partial charge in [0.15, 0.2) is 5.76 Å². The molecular weight excluding hydrogens is 206 g/mol. The monoisotopic (exact) mass is 215 g/mol. The van der Waals surface area contributed by atoms with E-state index in [9.17, 15) is 5.11 Å². The lowest BCUT2D eigenvalue weighted by Gasteiger charge is -1.97. The molecule has 0 aliphatic carbocycles. The first kappa shape index (κ1) is 8.84. The summed E-state index contributed by atoms with van der Waals surface area (Å²) in [5.74, 6) is 0.650. The van der Waals surface area contributed by atoms with E-state index in [4.69, 9.17) is 10.3 Å². The molecule has 1 aromatic carbocycles. The number of aromatic nitrogens is 2. The average Bonchev–Trinajstić information content (AvgIpc) is 2.84. The molecule has 0 saturated carbocycles. The number of phenolic OH excluding ortho intramolecular Hbond substituents is 1. The Balaban J connectivity index is 2.37. The molecule has 5 heteroatoms. The molecule has 0 amide bonds. The van der Waals surface area contributed by atoms with Crippen molar-refractivity contribution < 1.29 is 9.63 Å². The highest BCUT2D eigenvalue weighted by atomic mass is 16.5. The molecule has 4 N–H and O–H groups in total. The summed E-state index contributed by atoms with van der Waals surface area (Å²) in [5.41, 5.74) is 7.71. The Kier molecular flexibility index (Phi) is 1.67. The Labute approximate surface area is 90.5 Å². The molecule has 0 radical (unpaired) electrons. The molecule has 0 aliphatic rings. The van der Waals surface area contributed by atoms with Gasteiger partial charge in [-0.3, -0.25) is 0 Å². The zero-order valence-electron chi connectivity index (χ0n) is 8.27. The van der Waals surface area contributed by atoms with E-state index in [1.54, 1.807) is 18.3 Å². The molecule has 2 heterocycles. The maximum absolute atomic E-state index is 9.81. The highest BCUT2D eigenvalue weighted by Gasteiger charge is 2.15. The van der Waals surface area contributed by atoms with Crippen LogP contribution >= 0.6 is 0 Å². The van der Waals surface area contributed by atoms with Crippen LogP contribution in [0, 0.1) is 0 Å². The molecule has 0 fully saturated rings. The molecule has 16 heavy (non-hydrogen) atoms. The van der Waals surface area contributed by atoms with Crippen molar-refractivity contribution in [1.82, 2.24) is 10.1 Å². The summed E-state index contributed by atoms with van der Waals surface area (Å²) in [5, 5.41) is 14.1. The lowest BCUT2D eigenvalue weighted by atomic mass is 10.1. The standard InChI is InChI=1S/C11H9N3O2/c12-7-5-14-16-11(7)6-4-13-8-2-1-3-9(15)10(6)8/h1-5,13,15H,12H2. The smallest absolute Gasteiger partial charge is 0.191 e. The first-order valence-electron chi connectivity index (χ1n) is 4.77. The number of benzene rings is 1. The fraction of sp³-hybridized carbons (Fsp3) is 0. The molecular formula is C11H9N3O2. The van der Waals surface area contributed by atoms with Crippen LogP contribution in [0.15, 0.2) is 35.1 Å².